The van der Waals surface area contributed by atoms with Crippen LogP contribution in [0, 0.1) is 11.7 Å². The molecule has 2 aromatic carbocycles. The molecule has 24 heavy (non-hydrogen) atoms. The van der Waals surface area contributed by atoms with Gasteiger partial charge in [0, 0.05) is 11.1 Å². The van der Waals surface area contributed by atoms with Crippen molar-refractivity contribution in [1.29, 1.82) is 0 Å². The van der Waals surface area contributed by atoms with Gasteiger partial charge in [0.05, 0.1) is 17.7 Å². The highest BCUT2D eigenvalue weighted by atomic mass is 19.1. The van der Waals surface area contributed by atoms with Crippen molar-refractivity contribution in [2.75, 3.05) is 0 Å². The van der Waals surface area contributed by atoms with Crippen LogP contribution in [0.1, 0.15) is 27.5 Å². The fourth-order valence-corrected chi connectivity index (χ4v) is 3.57. The maximum atomic E-state index is 13.3. The van der Waals surface area contributed by atoms with Crippen LogP contribution in [-0.2, 0) is 0 Å². The minimum atomic E-state index is -0.470. The Kier molecular flexibility index (Phi) is 2.59. The number of carbonyl (C=O) groups excluding carboxylic acids is 1. The van der Waals surface area contributed by atoms with E-state index in [0.717, 1.165) is 11.1 Å². The third kappa shape index (κ3) is 1.68. The molecule has 0 saturated carbocycles. The summed E-state index contributed by atoms with van der Waals surface area (Å²) in [4.78, 5) is 21.7. The molecule has 1 aliphatic heterocycles. The number of benzene rings is 2. The molecule has 2 heterocycles. The summed E-state index contributed by atoms with van der Waals surface area (Å²) in [6, 6.07) is 13.2. The van der Waals surface area contributed by atoms with Gasteiger partial charge in [-0.25, -0.2) is 14.1 Å². The van der Waals surface area contributed by atoms with Crippen LogP contribution in [0.5, 0.6) is 0 Å². The van der Waals surface area contributed by atoms with Crippen molar-refractivity contribution in [3.05, 3.63) is 77.4 Å². The quantitative estimate of drug-likeness (QED) is 0.693. The second kappa shape index (κ2) is 4.67. The van der Waals surface area contributed by atoms with Crippen molar-refractivity contribution in [2.45, 2.75) is 6.04 Å². The molecule has 5 nitrogen and oxygen atoms in total. The molecule has 2 atom stereocenters. The van der Waals surface area contributed by atoms with Crippen LogP contribution in [-0.4, -0.2) is 26.3 Å². The predicted molar refractivity (Wildman–Crippen MR) is 85.0 cm³/mol. The van der Waals surface area contributed by atoms with Crippen molar-refractivity contribution >= 4 is 17.4 Å². The summed E-state index contributed by atoms with van der Waals surface area (Å²) in [6.07, 6.45) is 1.42. The smallest absolute Gasteiger partial charge is 0.248 e. The summed E-state index contributed by atoms with van der Waals surface area (Å²) in [5, 5.41) is 4.25. The molecule has 1 aliphatic carbocycles. The SMILES string of the molecule is O=C1c2ccccc2C2=Nc3ncnn3C(c3ccc(F)cc3)C12. The van der Waals surface area contributed by atoms with Gasteiger partial charge in [-0.2, -0.15) is 10.1 Å². The second-order valence-corrected chi connectivity index (χ2v) is 5.89. The van der Waals surface area contributed by atoms with Gasteiger partial charge in [0.1, 0.15) is 12.1 Å². The molecule has 0 spiro atoms. The average Bonchev–Trinajstić information content (AvgIpc) is 3.18. The minimum absolute atomic E-state index is 0.0137. The Morgan fingerprint density at radius 3 is 2.54 bits per heavy atom. The fraction of sp³-hybridized carbons (Fsp3) is 0.111. The van der Waals surface area contributed by atoms with Crippen LogP contribution < -0.4 is 0 Å². The van der Waals surface area contributed by atoms with Crippen LogP contribution in [0.15, 0.2) is 59.9 Å². The van der Waals surface area contributed by atoms with Gasteiger partial charge in [-0.05, 0) is 17.7 Å². The van der Waals surface area contributed by atoms with Crippen LogP contribution in [0.4, 0.5) is 10.3 Å². The van der Waals surface area contributed by atoms with Gasteiger partial charge in [0.25, 0.3) is 0 Å². The number of nitrogens with zero attached hydrogens (tertiary/aromatic N) is 4. The Hall–Kier alpha value is -3.15. The highest BCUT2D eigenvalue weighted by Crippen LogP contribution is 2.42. The zero-order valence-electron chi connectivity index (χ0n) is 12.4. The van der Waals surface area contributed by atoms with Crippen LogP contribution in [0.25, 0.3) is 0 Å². The van der Waals surface area contributed by atoms with E-state index in [4.69, 9.17) is 0 Å². The minimum Gasteiger partial charge on any atom is -0.293 e. The lowest BCUT2D eigenvalue weighted by atomic mass is 9.87. The monoisotopic (exact) mass is 318 g/mol. The van der Waals surface area contributed by atoms with Crippen LogP contribution >= 0.6 is 0 Å². The van der Waals surface area contributed by atoms with Gasteiger partial charge in [-0.1, -0.05) is 36.4 Å². The molecule has 2 unspecified atom stereocenters. The van der Waals surface area contributed by atoms with Gasteiger partial charge in [-0.3, -0.25) is 4.79 Å². The zero-order chi connectivity index (χ0) is 16.3. The van der Waals surface area contributed by atoms with Crippen molar-refractivity contribution in [2.24, 2.45) is 10.9 Å². The summed E-state index contributed by atoms with van der Waals surface area (Å²) >= 11 is 0. The first-order valence-corrected chi connectivity index (χ1v) is 7.61. The summed E-state index contributed by atoms with van der Waals surface area (Å²) in [5.41, 5.74) is 3.03. The Labute approximate surface area is 136 Å². The van der Waals surface area contributed by atoms with E-state index >= 15 is 0 Å². The standard InChI is InChI=1S/C18H11FN4O/c19-11-7-5-10(6-8-11)16-14-15(22-18-20-9-21-23(16)18)12-3-1-2-4-13(12)17(14)24/h1-9,14,16H. The number of Topliss-reactive ketones (excluding diaryl/α,β-unsaturated/α-hetero) is 1. The average molecular weight is 318 g/mol. The molecule has 0 amide bonds. The number of fused-ring (bicyclic) bond motifs is 4. The molecule has 2 aliphatic rings. The lowest BCUT2D eigenvalue weighted by Gasteiger charge is -2.27. The van der Waals surface area contributed by atoms with Gasteiger partial charge >= 0.3 is 0 Å². The Morgan fingerprint density at radius 2 is 1.75 bits per heavy atom. The van der Waals surface area contributed by atoms with Gasteiger partial charge in [-0.15, -0.1) is 0 Å². The molecule has 0 saturated heterocycles. The van der Waals surface area contributed by atoms with Gasteiger partial charge < -0.3 is 0 Å². The molecular formula is C18H11FN4O. The van der Waals surface area contributed by atoms with Gasteiger partial charge in [0.15, 0.2) is 5.78 Å². The lowest BCUT2D eigenvalue weighted by Crippen LogP contribution is -2.32. The van der Waals surface area contributed by atoms with E-state index in [-0.39, 0.29) is 17.6 Å². The molecule has 5 rings (SSSR count). The molecule has 6 heteroatoms. The first-order chi connectivity index (χ1) is 11.7. The normalized spacial score (nSPS) is 21.0. The molecular weight excluding hydrogens is 307 g/mol. The third-order valence-electron chi connectivity index (χ3n) is 4.61. The first-order valence-electron chi connectivity index (χ1n) is 7.61. The second-order valence-electron chi connectivity index (χ2n) is 5.89. The summed E-state index contributed by atoms with van der Waals surface area (Å²) in [5.74, 6) is -0.315. The molecule has 0 fully saturated rings. The number of aromatic nitrogens is 3. The number of hydrogen-bond donors (Lipinski definition) is 0. The van der Waals surface area contributed by atoms with Crippen LogP contribution in [0.3, 0.4) is 0 Å². The van der Waals surface area contributed by atoms with E-state index < -0.39 is 5.92 Å². The van der Waals surface area contributed by atoms with Crippen molar-refractivity contribution in [1.82, 2.24) is 14.8 Å². The Balaban J connectivity index is 1.76. The molecule has 1 aromatic heterocycles. The van der Waals surface area contributed by atoms with E-state index in [1.165, 1.54) is 18.5 Å². The van der Waals surface area contributed by atoms with E-state index in [1.54, 1.807) is 16.8 Å². The van der Waals surface area contributed by atoms with E-state index in [9.17, 15) is 9.18 Å². The third-order valence-corrected chi connectivity index (χ3v) is 4.61. The maximum absolute atomic E-state index is 13.3. The molecule has 116 valence electrons. The largest absolute Gasteiger partial charge is 0.293 e. The fourth-order valence-electron chi connectivity index (χ4n) is 3.57. The molecule has 0 bridgehead atoms. The van der Waals surface area contributed by atoms with Gasteiger partial charge in [0.2, 0.25) is 5.95 Å². The highest BCUT2D eigenvalue weighted by Gasteiger charge is 2.46. The number of ketones is 1. The highest BCUT2D eigenvalue weighted by molar-refractivity contribution is 6.29. The van der Waals surface area contributed by atoms with E-state index in [0.29, 0.717) is 17.2 Å². The Bertz CT molecular complexity index is 1010. The summed E-state index contributed by atoms with van der Waals surface area (Å²) in [7, 11) is 0. The van der Waals surface area contributed by atoms with Crippen molar-refractivity contribution in [3.63, 3.8) is 0 Å². The molecule has 0 radical (unpaired) electrons. The maximum Gasteiger partial charge on any atom is 0.248 e. The Morgan fingerprint density at radius 1 is 1.00 bits per heavy atom. The summed E-state index contributed by atoms with van der Waals surface area (Å²) in [6.45, 7) is 0. The first kappa shape index (κ1) is 13.3. The van der Waals surface area contributed by atoms with Crippen molar-refractivity contribution in [3.8, 4) is 0 Å². The summed E-state index contributed by atoms with van der Waals surface area (Å²) < 4.78 is 15.0. The topological polar surface area (TPSA) is 60.1 Å². The predicted octanol–water partition coefficient (Wildman–Crippen LogP) is 2.95. The number of halogens is 1. The van der Waals surface area contributed by atoms with E-state index in [2.05, 4.69) is 15.1 Å². The van der Waals surface area contributed by atoms with Crippen molar-refractivity contribution < 1.29 is 9.18 Å². The number of carbonyl (C=O) groups is 1. The number of rotatable bonds is 1. The lowest BCUT2D eigenvalue weighted by molar-refractivity contribution is 0.0938. The number of hydrogen-bond acceptors (Lipinski definition) is 4. The van der Waals surface area contributed by atoms with E-state index in [1.807, 2.05) is 24.3 Å². The molecule has 0 N–H and O–H groups in total. The zero-order valence-corrected chi connectivity index (χ0v) is 12.4. The molecule has 3 aromatic rings. The van der Waals surface area contributed by atoms with Crippen LogP contribution in [0.2, 0.25) is 0 Å². The number of aliphatic imine (C=N–C) groups is 1.